The lowest BCUT2D eigenvalue weighted by Gasteiger charge is -2.13. The summed E-state index contributed by atoms with van der Waals surface area (Å²) < 4.78 is 51.0. The summed E-state index contributed by atoms with van der Waals surface area (Å²) in [5, 5.41) is 8.15. The van der Waals surface area contributed by atoms with Crippen LogP contribution in [0.25, 0.3) is 0 Å². The van der Waals surface area contributed by atoms with Crippen molar-refractivity contribution in [2.24, 2.45) is 4.99 Å². The summed E-state index contributed by atoms with van der Waals surface area (Å²) in [4.78, 5) is 15.8. The number of alkyl halides is 3. The molecule has 2 rings (SSSR count). The van der Waals surface area contributed by atoms with Crippen LogP contribution in [0.2, 0.25) is 0 Å². The second-order valence-corrected chi connectivity index (χ2v) is 5.53. The lowest BCUT2D eigenvalue weighted by molar-refractivity contribution is -0.137. The van der Waals surface area contributed by atoms with Gasteiger partial charge in [-0.05, 0) is 42.0 Å². The Morgan fingerprint density at radius 1 is 1.07 bits per heavy atom. The molecule has 27 heavy (non-hydrogen) atoms. The monoisotopic (exact) mass is 382 g/mol. The molecule has 2 aromatic rings. The molecule has 0 aliphatic rings. The van der Waals surface area contributed by atoms with Crippen LogP contribution in [-0.4, -0.2) is 25.5 Å². The third-order valence-electron chi connectivity index (χ3n) is 3.48. The summed E-state index contributed by atoms with van der Waals surface area (Å²) >= 11 is 0. The minimum atomic E-state index is -4.41. The van der Waals surface area contributed by atoms with Crippen molar-refractivity contribution in [1.82, 2.24) is 10.6 Å². The number of rotatable bonds is 5. The molecule has 1 amide bonds. The average Bonchev–Trinajstić information content (AvgIpc) is 2.63. The van der Waals surface area contributed by atoms with Crippen molar-refractivity contribution < 1.29 is 22.4 Å². The van der Waals surface area contributed by atoms with Gasteiger partial charge in [0.15, 0.2) is 5.96 Å². The van der Waals surface area contributed by atoms with Gasteiger partial charge in [0.2, 0.25) is 5.91 Å². The molecule has 0 heterocycles. The Kier molecular flexibility index (Phi) is 6.75. The van der Waals surface area contributed by atoms with Crippen LogP contribution < -0.4 is 16.0 Å². The van der Waals surface area contributed by atoms with Gasteiger partial charge in [-0.3, -0.25) is 9.79 Å². The molecule has 0 saturated heterocycles. The quantitative estimate of drug-likeness (QED) is 0.423. The van der Waals surface area contributed by atoms with Gasteiger partial charge >= 0.3 is 6.18 Å². The molecule has 0 atom stereocenters. The summed E-state index contributed by atoms with van der Waals surface area (Å²) in [6.07, 6.45) is -4.41. The molecule has 0 fully saturated rings. The minimum Gasteiger partial charge on any atom is -0.352 e. The van der Waals surface area contributed by atoms with E-state index in [9.17, 15) is 22.4 Å². The zero-order valence-electron chi connectivity index (χ0n) is 14.4. The third-order valence-corrected chi connectivity index (χ3v) is 3.48. The Hall–Kier alpha value is -3.10. The number of nitrogens with zero attached hydrogens (tertiary/aromatic N) is 1. The van der Waals surface area contributed by atoms with Gasteiger partial charge in [-0.25, -0.2) is 4.39 Å². The van der Waals surface area contributed by atoms with E-state index in [2.05, 4.69) is 20.9 Å². The normalized spacial score (nSPS) is 11.8. The second kappa shape index (κ2) is 9.02. The number of hydrogen-bond donors (Lipinski definition) is 3. The van der Waals surface area contributed by atoms with E-state index in [4.69, 9.17) is 0 Å². The van der Waals surface area contributed by atoms with E-state index in [1.807, 2.05) is 0 Å². The van der Waals surface area contributed by atoms with Crippen molar-refractivity contribution >= 4 is 17.6 Å². The van der Waals surface area contributed by atoms with E-state index in [1.165, 1.54) is 37.4 Å². The number of carbonyl (C=O) groups is 1. The Bertz CT molecular complexity index is 804. The highest BCUT2D eigenvalue weighted by molar-refractivity contribution is 5.94. The van der Waals surface area contributed by atoms with Gasteiger partial charge in [0.1, 0.15) is 5.82 Å². The summed E-state index contributed by atoms with van der Waals surface area (Å²) in [6.45, 7) is -0.0250. The number of carbonyl (C=O) groups excluding carboxylic acids is 1. The lowest BCUT2D eigenvalue weighted by Crippen LogP contribution is -2.41. The lowest BCUT2D eigenvalue weighted by atomic mass is 10.1. The predicted octanol–water partition coefficient (Wildman–Crippen LogP) is 3.15. The number of anilines is 1. The molecule has 0 radical (unpaired) electrons. The molecule has 0 unspecified atom stereocenters. The first-order chi connectivity index (χ1) is 12.8. The van der Waals surface area contributed by atoms with Crippen molar-refractivity contribution in [2.75, 3.05) is 18.9 Å². The molecule has 9 heteroatoms. The van der Waals surface area contributed by atoms with Crippen molar-refractivity contribution in [3.8, 4) is 0 Å². The number of nitrogens with one attached hydrogen (secondary N) is 3. The van der Waals surface area contributed by atoms with Crippen LogP contribution in [0.1, 0.15) is 11.1 Å². The first-order valence-electron chi connectivity index (χ1n) is 7.94. The molecule has 0 aromatic heterocycles. The topological polar surface area (TPSA) is 65.5 Å². The van der Waals surface area contributed by atoms with Gasteiger partial charge in [0, 0.05) is 19.3 Å². The van der Waals surface area contributed by atoms with E-state index in [1.54, 1.807) is 6.07 Å². The predicted molar refractivity (Wildman–Crippen MR) is 94.7 cm³/mol. The fourth-order valence-electron chi connectivity index (χ4n) is 2.17. The van der Waals surface area contributed by atoms with Crippen LogP contribution in [0, 0.1) is 5.82 Å². The number of guanidine groups is 1. The van der Waals surface area contributed by atoms with Crippen LogP contribution in [0.4, 0.5) is 23.2 Å². The van der Waals surface area contributed by atoms with Crippen LogP contribution >= 0.6 is 0 Å². The molecule has 0 spiro atoms. The molecule has 0 aliphatic carbocycles. The summed E-state index contributed by atoms with van der Waals surface area (Å²) in [6, 6.07) is 10.2. The molecule has 0 saturated carbocycles. The highest BCUT2D eigenvalue weighted by atomic mass is 19.4. The van der Waals surface area contributed by atoms with Gasteiger partial charge < -0.3 is 16.0 Å². The Labute approximate surface area is 153 Å². The standard InChI is InChI=1S/C18H18F4N4O/c1-23-17(24-10-12-3-2-4-13(9-12)18(20,21)22)25-11-16(27)26-15-7-5-14(19)6-8-15/h2-9H,10-11H2,1H3,(H,26,27)(H2,23,24,25). The average molecular weight is 382 g/mol. The number of hydrogen-bond acceptors (Lipinski definition) is 2. The minimum absolute atomic E-state index is 0.100. The summed E-state index contributed by atoms with van der Waals surface area (Å²) in [5.74, 6) is -0.546. The first kappa shape index (κ1) is 20.2. The second-order valence-electron chi connectivity index (χ2n) is 5.53. The van der Waals surface area contributed by atoms with Crippen LogP contribution in [0.5, 0.6) is 0 Å². The van der Waals surface area contributed by atoms with Crippen molar-refractivity contribution in [1.29, 1.82) is 0 Å². The van der Waals surface area contributed by atoms with Crippen LogP contribution in [0.15, 0.2) is 53.5 Å². The number of halogens is 4. The number of aliphatic imine (C=N–C) groups is 1. The molecule has 3 N–H and O–H groups in total. The molecular formula is C18H18F4N4O. The molecule has 0 aliphatic heterocycles. The summed E-state index contributed by atoms with van der Waals surface area (Å²) in [7, 11) is 1.47. The third kappa shape index (κ3) is 6.61. The summed E-state index contributed by atoms with van der Waals surface area (Å²) in [5.41, 5.74) is 0.127. The van der Waals surface area contributed by atoms with Gasteiger partial charge in [-0.15, -0.1) is 0 Å². The van der Waals surface area contributed by atoms with Crippen molar-refractivity contribution in [2.45, 2.75) is 12.7 Å². The smallest absolute Gasteiger partial charge is 0.352 e. The zero-order chi connectivity index (χ0) is 19.9. The Morgan fingerprint density at radius 3 is 2.41 bits per heavy atom. The highest BCUT2D eigenvalue weighted by Gasteiger charge is 2.30. The molecule has 0 bridgehead atoms. The maximum atomic E-state index is 12.8. The first-order valence-corrected chi connectivity index (χ1v) is 7.94. The zero-order valence-corrected chi connectivity index (χ0v) is 14.4. The molecule has 5 nitrogen and oxygen atoms in total. The van der Waals surface area contributed by atoms with Crippen molar-refractivity contribution in [3.63, 3.8) is 0 Å². The number of amides is 1. The number of benzene rings is 2. The van der Waals surface area contributed by atoms with Gasteiger partial charge in [0.05, 0.1) is 12.1 Å². The van der Waals surface area contributed by atoms with Crippen molar-refractivity contribution in [3.05, 3.63) is 65.5 Å². The largest absolute Gasteiger partial charge is 0.416 e. The Balaban J connectivity index is 1.84. The molecule has 144 valence electrons. The van der Waals surface area contributed by atoms with Gasteiger partial charge in [0.25, 0.3) is 0 Å². The van der Waals surface area contributed by atoms with Crippen LogP contribution in [0.3, 0.4) is 0 Å². The van der Waals surface area contributed by atoms with E-state index in [-0.39, 0.29) is 25.0 Å². The maximum Gasteiger partial charge on any atom is 0.416 e. The van der Waals surface area contributed by atoms with E-state index >= 15 is 0 Å². The van der Waals surface area contributed by atoms with E-state index in [0.29, 0.717) is 11.3 Å². The SMILES string of the molecule is CN=C(NCC(=O)Nc1ccc(F)cc1)NCc1cccc(C(F)(F)F)c1. The maximum absolute atomic E-state index is 12.8. The highest BCUT2D eigenvalue weighted by Crippen LogP contribution is 2.29. The van der Waals surface area contributed by atoms with E-state index in [0.717, 1.165) is 12.1 Å². The van der Waals surface area contributed by atoms with Gasteiger partial charge in [-0.2, -0.15) is 13.2 Å². The van der Waals surface area contributed by atoms with E-state index < -0.39 is 17.6 Å². The fraction of sp³-hybridized carbons (Fsp3) is 0.222. The van der Waals surface area contributed by atoms with Gasteiger partial charge in [-0.1, -0.05) is 12.1 Å². The Morgan fingerprint density at radius 2 is 1.78 bits per heavy atom. The molecule has 2 aromatic carbocycles. The van der Waals surface area contributed by atoms with Crippen LogP contribution in [-0.2, 0) is 17.5 Å². The fourth-order valence-corrected chi connectivity index (χ4v) is 2.17. The molecular weight excluding hydrogens is 364 g/mol.